The smallest absolute Gasteiger partial charge is 0.313 e. The Morgan fingerprint density at radius 2 is 2.00 bits per heavy atom. The van der Waals surface area contributed by atoms with Crippen molar-refractivity contribution < 1.29 is 19.4 Å². The molecule has 1 saturated carbocycles. The highest BCUT2D eigenvalue weighted by molar-refractivity contribution is 5.85. The van der Waals surface area contributed by atoms with Crippen LogP contribution in [-0.2, 0) is 14.3 Å². The van der Waals surface area contributed by atoms with Gasteiger partial charge in [-0.1, -0.05) is 19.3 Å². The molecule has 1 aliphatic heterocycles. The van der Waals surface area contributed by atoms with Crippen LogP contribution in [0.1, 0.15) is 39.0 Å². The Hall–Kier alpha value is -1.14. The third-order valence-electron chi connectivity index (χ3n) is 4.93. The summed E-state index contributed by atoms with van der Waals surface area (Å²) in [6, 6.07) is -0.488. The first kappa shape index (κ1) is 15.3. The van der Waals surface area contributed by atoms with E-state index in [1.165, 1.54) is 0 Å². The van der Waals surface area contributed by atoms with Gasteiger partial charge in [-0.05, 0) is 19.8 Å². The van der Waals surface area contributed by atoms with Crippen molar-refractivity contribution in [2.45, 2.75) is 45.1 Å². The van der Waals surface area contributed by atoms with Crippen molar-refractivity contribution >= 4 is 11.9 Å². The predicted molar refractivity (Wildman–Crippen MR) is 73.1 cm³/mol. The van der Waals surface area contributed by atoms with Crippen molar-refractivity contribution in [3.05, 3.63) is 0 Å². The fraction of sp³-hybridized carbons (Fsp3) is 0.857. The molecule has 0 bridgehead atoms. The van der Waals surface area contributed by atoms with E-state index in [9.17, 15) is 14.7 Å². The van der Waals surface area contributed by atoms with E-state index >= 15 is 0 Å². The molecule has 1 aliphatic carbocycles. The predicted octanol–water partition coefficient (Wildman–Crippen LogP) is 0.502. The molecule has 0 aromatic heterocycles. The summed E-state index contributed by atoms with van der Waals surface area (Å²) in [4.78, 5) is 24.0. The Morgan fingerprint density at radius 3 is 2.55 bits per heavy atom. The van der Waals surface area contributed by atoms with Gasteiger partial charge in [-0.2, -0.15) is 0 Å². The summed E-state index contributed by atoms with van der Waals surface area (Å²) in [5, 5.41) is 12.2. The highest BCUT2D eigenvalue weighted by Gasteiger charge is 2.49. The summed E-state index contributed by atoms with van der Waals surface area (Å²) in [6.45, 7) is 2.30. The lowest BCUT2D eigenvalue weighted by Crippen LogP contribution is -2.55. The van der Waals surface area contributed by atoms with Crippen LogP contribution < -0.4 is 11.1 Å². The molecule has 2 aliphatic rings. The summed E-state index contributed by atoms with van der Waals surface area (Å²) >= 11 is 0. The van der Waals surface area contributed by atoms with E-state index in [4.69, 9.17) is 10.5 Å². The van der Waals surface area contributed by atoms with E-state index < -0.39 is 22.8 Å². The fourth-order valence-electron chi connectivity index (χ4n) is 3.15. The topological polar surface area (TPSA) is 102 Å². The van der Waals surface area contributed by atoms with Gasteiger partial charge in [-0.25, -0.2) is 0 Å². The number of hydrogen-bond donors (Lipinski definition) is 3. The normalized spacial score (nSPS) is 32.8. The van der Waals surface area contributed by atoms with E-state index in [2.05, 4.69) is 5.32 Å². The van der Waals surface area contributed by atoms with Gasteiger partial charge in [0.1, 0.15) is 5.41 Å². The van der Waals surface area contributed by atoms with Crippen LogP contribution >= 0.6 is 0 Å². The second-order valence-electron chi connectivity index (χ2n) is 6.31. The van der Waals surface area contributed by atoms with Gasteiger partial charge in [0.25, 0.3) is 0 Å². The number of carboxylic acid groups (broad SMARTS) is 1. The van der Waals surface area contributed by atoms with Crippen molar-refractivity contribution in [2.75, 3.05) is 19.8 Å². The summed E-state index contributed by atoms with van der Waals surface area (Å²) < 4.78 is 5.26. The quantitative estimate of drug-likeness (QED) is 0.698. The van der Waals surface area contributed by atoms with Crippen LogP contribution in [-0.4, -0.2) is 42.8 Å². The fourth-order valence-corrected chi connectivity index (χ4v) is 3.15. The van der Waals surface area contributed by atoms with Crippen molar-refractivity contribution in [1.82, 2.24) is 5.32 Å². The molecule has 0 aromatic carbocycles. The van der Waals surface area contributed by atoms with Gasteiger partial charge >= 0.3 is 5.97 Å². The maximum atomic E-state index is 12.6. The molecule has 2 fully saturated rings. The third kappa shape index (κ3) is 2.54. The first-order chi connectivity index (χ1) is 9.44. The number of hydrogen-bond acceptors (Lipinski definition) is 4. The zero-order valence-corrected chi connectivity index (χ0v) is 12.0. The molecule has 0 radical (unpaired) electrons. The third-order valence-corrected chi connectivity index (χ3v) is 4.93. The van der Waals surface area contributed by atoms with Crippen molar-refractivity contribution in [2.24, 2.45) is 16.6 Å². The van der Waals surface area contributed by atoms with Gasteiger partial charge in [-0.15, -0.1) is 0 Å². The summed E-state index contributed by atoms with van der Waals surface area (Å²) in [5.74, 6) is -1.05. The maximum Gasteiger partial charge on any atom is 0.313 e. The molecule has 2 atom stereocenters. The van der Waals surface area contributed by atoms with E-state index in [1.54, 1.807) is 6.92 Å². The molecular formula is C14H24N2O4. The van der Waals surface area contributed by atoms with Gasteiger partial charge in [0.15, 0.2) is 0 Å². The molecule has 20 heavy (non-hydrogen) atoms. The number of carboxylic acids is 1. The molecular weight excluding hydrogens is 260 g/mol. The number of nitrogens with two attached hydrogens (primary N) is 1. The van der Waals surface area contributed by atoms with E-state index in [1.807, 2.05) is 0 Å². The maximum absolute atomic E-state index is 12.6. The van der Waals surface area contributed by atoms with Crippen LogP contribution in [0, 0.1) is 10.8 Å². The van der Waals surface area contributed by atoms with Crippen LogP contribution in [0.2, 0.25) is 0 Å². The van der Waals surface area contributed by atoms with Gasteiger partial charge in [0, 0.05) is 6.54 Å². The first-order valence-corrected chi connectivity index (χ1v) is 7.27. The highest BCUT2D eigenvalue weighted by Crippen LogP contribution is 2.37. The first-order valence-electron chi connectivity index (χ1n) is 7.27. The number of carbonyl (C=O) groups is 2. The lowest BCUT2D eigenvalue weighted by atomic mass is 9.73. The molecule has 2 unspecified atom stereocenters. The molecule has 4 N–H and O–H groups in total. The van der Waals surface area contributed by atoms with Crippen LogP contribution in [0.5, 0.6) is 0 Å². The number of rotatable bonds is 4. The molecule has 0 aromatic rings. The summed E-state index contributed by atoms with van der Waals surface area (Å²) in [6.07, 6.45) is 4.71. The number of ether oxygens (including phenoxy) is 1. The number of nitrogens with one attached hydrogen (secondary N) is 1. The Bertz CT molecular complexity index is 393. The number of amides is 1. The molecule has 114 valence electrons. The van der Waals surface area contributed by atoms with Crippen LogP contribution in [0.3, 0.4) is 0 Å². The average Bonchev–Trinajstić information content (AvgIpc) is 2.82. The lowest BCUT2D eigenvalue weighted by Gasteiger charge is -2.37. The molecule has 6 nitrogen and oxygen atoms in total. The van der Waals surface area contributed by atoms with Crippen LogP contribution in [0.4, 0.5) is 0 Å². The van der Waals surface area contributed by atoms with Crippen molar-refractivity contribution in [3.8, 4) is 0 Å². The highest BCUT2D eigenvalue weighted by atomic mass is 16.5. The zero-order valence-electron chi connectivity index (χ0n) is 12.0. The van der Waals surface area contributed by atoms with Gasteiger partial charge in [0.05, 0.1) is 24.7 Å². The Labute approximate surface area is 119 Å². The van der Waals surface area contributed by atoms with Gasteiger partial charge in [-0.3, -0.25) is 9.59 Å². The number of aliphatic carboxylic acids is 1. The molecule has 0 spiro atoms. The molecule has 1 heterocycles. The Kier molecular flexibility index (Phi) is 4.34. The number of carbonyl (C=O) groups excluding carboxylic acids is 1. The minimum atomic E-state index is -1.06. The van der Waals surface area contributed by atoms with Crippen molar-refractivity contribution in [3.63, 3.8) is 0 Å². The average molecular weight is 284 g/mol. The minimum absolute atomic E-state index is 0.109. The second-order valence-corrected chi connectivity index (χ2v) is 6.31. The second kappa shape index (κ2) is 5.69. The van der Waals surface area contributed by atoms with Crippen molar-refractivity contribution in [1.29, 1.82) is 0 Å². The van der Waals surface area contributed by atoms with Gasteiger partial charge in [0.2, 0.25) is 5.91 Å². The van der Waals surface area contributed by atoms with E-state index in [0.29, 0.717) is 6.54 Å². The molecule has 2 rings (SSSR count). The van der Waals surface area contributed by atoms with Crippen LogP contribution in [0.25, 0.3) is 0 Å². The summed E-state index contributed by atoms with van der Waals surface area (Å²) in [7, 11) is 0. The van der Waals surface area contributed by atoms with Gasteiger partial charge < -0.3 is 20.9 Å². The Morgan fingerprint density at radius 1 is 1.35 bits per heavy atom. The van der Waals surface area contributed by atoms with Crippen LogP contribution in [0.15, 0.2) is 0 Å². The Balaban J connectivity index is 2.08. The largest absolute Gasteiger partial charge is 0.481 e. The minimum Gasteiger partial charge on any atom is -0.481 e. The van der Waals surface area contributed by atoms with E-state index in [0.717, 1.165) is 32.1 Å². The summed E-state index contributed by atoms with van der Waals surface area (Å²) in [5.41, 5.74) is 4.25. The zero-order chi connectivity index (χ0) is 14.8. The lowest BCUT2D eigenvalue weighted by molar-refractivity contribution is -0.149. The molecule has 1 saturated heterocycles. The SMILES string of the molecule is CC1(C(=O)O)COCC1NC(=O)C1(CN)CCCCC1. The standard InChI is InChI=1S/C14H24N2O4/c1-13(12(18)19)9-20-7-10(13)16-11(17)14(8-15)5-3-2-4-6-14/h10H,2-9,15H2,1H3,(H,16,17)(H,18,19). The monoisotopic (exact) mass is 284 g/mol. The molecule has 6 heteroatoms. The van der Waals surface area contributed by atoms with E-state index in [-0.39, 0.29) is 19.1 Å². The molecule has 1 amide bonds.